The summed E-state index contributed by atoms with van der Waals surface area (Å²) in [6, 6.07) is 16.2. The molecule has 0 heterocycles. The van der Waals surface area contributed by atoms with E-state index in [0.29, 0.717) is 11.6 Å². The molecule has 1 atom stereocenters. The van der Waals surface area contributed by atoms with Gasteiger partial charge in [-0.3, -0.25) is 4.79 Å². The van der Waals surface area contributed by atoms with E-state index in [1.54, 1.807) is 11.8 Å². The van der Waals surface area contributed by atoms with Crippen molar-refractivity contribution < 1.29 is 4.79 Å². The largest absolute Gasteiger partial charge is 0.355 e. The van der Waals surface area contributed by atoms with E-state index in [1.807, 2.05) is 31.2 Å². The van der Waals surface area contributed by atoms with E-state index in [0.717, 1.165) is 24.2 Å². The fraction of sp³-hybridized carbons (Fsp3) is 0.350. The molecule has 0 radical (unpaired) electrons. The molecule has 0 bridgehead atoms. The first-order valence-corrected chi connectivity index (χ1v) is 9.59. The highest BCUT2D eigenvalue weighted by molar-refractivity contribution is 8.00. The maximum atomic E-state index is 12.3. The van der Waals surface area contributed by atoms with Gasteiger partial charge in [-0.15, -0.1) is 11.8 Å². The van der Waals surface area contributed by atoms with Crippen LogP contribution < -0.4 is 5.32 Å². The Hall–Kier alpha value is -1.45. The second kappa shape index (κ2) is 9.75. The molecule has 0 spiro atoms. The number of nitrogens with one attached hydrogen (secondary N) is 1. The number of thioether (sulfide) groups is 1. The third kappa shape index (κ3) is 6.21. The zero-order valence-electron chi connectivity index (χ0n) is 14.2. The molecular formula is C20H24ClNOS. The van der Waals surface area contributed by atoms with Gasteiger partial charge < -0.3 is 5.32 Å². The Morgan fingerprint density at radius 1 is 1.12 bits per heavy atom. The predicted octanol–water partition coefficient (Wildman–Crippen LogP) is 5.27. The molecule has 4 heteroatoms. The average molecular weight is 362 g/mol. The topological polar surface area (TPSA) is 29.1 Å². The Kier molecular flexibility index (Phi) is 7.67. The minimum Gasteiger partial charge on any atom is -0.355 e. The molecule has 0 fully saturated rings. The molecule has 2 rings (SSSR count). The first-order valence-electron chi connectivity index (χ1n) is 8.34. The third-order valence-electron chi connectivity index (χ3n) is 3.82. The molecule has 2 aromatic carbocycles. The van der Waals surface area contributed by atoms with Gasteiger partial charge in [-0.05, 0) is 56.0 Å². The predicted molar refractivity (Wildman–Crippen MR) is 104 cm³/mol. The van der Waals surface area contributed by atoms with Gasteiger partial charge in [0.25, 0.3) is 0 Å². The quantitative estimate of drug-likeness (QED) is 0.512. The first-order chi connectivity index (χ1) is 11.6. The summed E-state index contributed by atoms with van der Waals surface area (Å²) < 4.78 is 0. The summed E-state index contributed by atoms with van der Waals surface area (Å²) >= 11 is 7.49. The van der Waals surface area contributed by atoms with Crippen molar-refractivity contribution in [2.75, 3.05) is 6.54 Å². The number of carbonyl (C=O) groups excluding carboxylic acids is 1. The average Bonchev–Trinajstić information content (AvgIpc) is 2.59. The van der Waals surface area contributed by atoms with Crippen LogP contribution in [0.4, 0.5) is 0 Å². The summed E-state index contributed by atoms with van der Waals surface area (Å²) in [4.78, 5) is 13.4. The molecule has 0 aliphatic carbocycles. The van der Waals surface area contributed by atoms with Crippen molar-refractivity contribution in [1.29, 1.82) is 0 Å². The van der Waals surface area contributed by atoms with E-state index in [2.05, 4.69) is 36.5 Å². The van der Waals surface area contributed by atoms with Crippen LogP contribution in [0.15, 0.2) is 53.4 Å². The fourth-order valence-corrected chi connectivity index (χ4v) is 3.48. The SMILES string of the molecule is CC[C@H](Sc1ccc(Cl)cc1)C(=O)NCCCc1ccc(C)cc1. The Labute approximate surface area is 154 Å². The lowest BCUT2D eigenvalue weighted by Crippen LogP contribution is -2.33. The number of rotatable bonds is 8. The van der Waals surface area contributed by atoms with Crippen LogP contribution in [-0.4, -0.2) is 17.7 Å². The Morgan fingerprint density at radius 3 is 2.42 bits per heavy atom. The minimum absolute atomic E-state index is 0.0643. The van der Waals surface area contributed by atoms with Crippen LogP contribution in [0.25, 0.3) is 0 Å². The fourth-order valence-electron chi connectivity index (χ4n) is 2.37. The zero-order valence-corrected chi connectivity index (χ0v) is 15.8. The molecule has 128 valence electrons. The van der Waals surface area contributed by atoms with Crippen molar-refractivity contribution in [2.45, 2.75) is 43.3 Å². The Balaban J connectivity index is 1.75. The van der Waals surface area contributed by atoms with Crippen LogP contribution in [-0.2, 0) is 11.2 Å². The van der Waals surface area contributed by atoms with Crippen molar-refractivity contribution >= 4 is 29.3 Å². The van der Waals surface area contributed by atoms with Crippen molar-refractivity contribution in [3.63, 3.8) is 0 Å². The van der Waals surface area contributed by atoms with E-state index in [4.69, 9.17) is 11.6 Å². The second-order valence-corrected chi connectivity index (χ2v) is 7.56. The van der Waals surface area contributed by atoms with Gasteiger partial charge in [-0.25, -0.2) is 0 Å². The highest BCUT2D eigenvalue weighted by Gasteiger charge is 2.17. The molecule has 0 saturated carbocycles. The lowest BCUT2D eigenvalue weighted by atomic mass is 10.1. The molecule has 1 amide bonds. The zero-order chi connectivity index (χ0) is 17.4. The highest BCUT2D eigenvalue weighted by Crippen LogP contribution is 2.26. The van der Waals surface area contributed by atoms with Gasteiger partial charge in [0.05, 0.1) is 5.25 Å². The third-order valence-corrected chi connectivity index (χ3v) is 5.45. The van der Waals surface area contributed by atoms with E-state index in [9.17, 15) is 4.79 Å². The lowest BCUT2D eigenvalue weighted by molar-refractivity contribution is -0.120. The molecule has 0 aliphatic heterocycles. The van der Waals surface area contributed by atoms with Crippen LogP contribution in [0.1, 0.15) is 30.9 Å². The van der Waals surface area contributed by atoms with Crippen LogP contribution >= 0.6 is 23.4 Å². The number of halogens is 1. The number of aryl methyl sites for hydroxylation is 2. The number of carbonyl (C=O) groups is 1. The maximum absolute atomic E-state index is 12.3. The molecule has 0 unspecified atom stereocenters. The molecule has 0 saturated heterocycles. The van der Waals surface area contributed by atoms with Gasteiger partial charge in [0.15, 0.2) is 0 Å². The number of benzene rings is 2. The Morgan fingerprint density at radius 2 is 1.79 bits per heavy atom. The Bertz CT molecular complexity index is 640. The minimum atomic E-state index is -0.0643. The maximum Gasteiger partial charge on any atom is 0.233 e. The summed E-state index contributed by atoms with van der Waals surface area (Å²) in [6.07, 6.45) is 2.75. The monoisotopic (exact) mass is 361 g/mol. The van der Waals surface area contributed by atoms with Crippen molar-refractivity contribution in [1.82, 2.24) is 5.32 Å². The summed E-state index contributed by atoms with van der Waals surface area (Å²) in [5, 5.41) is 3.71. The van der Waals surface area contributed by atoms with E-state index in [-0.39, 0.29) is 11.2 Å². The second-order valence-electron chi connectivity index (χ2n) is 5.85. The smallest absolute Gasteiger partial charge is 0.233 e. The standard InChI is InChI=1S/C20H24ClNOS/c1-3-19(24-18-12-10-17(21)11-13-18)20(23)22-14-4-5-16-8-6-15(2)7-9-16/h6-13,19H,3-5,14H2,1-2H3,(H,22,23)/t19-/m0/s1. The molecular weight excluding hydrogens is 338 g/mol. The van der Waals surface area contributed by atoms with Gasteiger partial charge in [0, 0.05) is 16.5 Å². The number of hydrogen-bond acceptors (Lipinski definition) is 2. The summed E-state index contributed by atoms with van der Waals surface area (Å²) in [6.45, 7) is 4.84. The highest BCUT2D eigenvalue weighted by atomic mass is 35.5. The molecule has 0 aromatic heterocycles. The van der Waals surface area contributed by atoms with Crippen LogP contribution in [0.3, 0.4) is 0 Å². The molecule has 2 aromatic rings. The van der Waals surface area contributed by atoms with Gasteiger partial charge >= 0.3 is 0 Å². The van der Waals surface area contributed by atoms with Gasteiger partial charge in [0.1, 0.15) is 0 Å². The van der Waals surface area contributed by atoms with Crippen molar-refractivity contribution in [3.05, 3.63) is 64.7 Å². The van der Waals surface area contributed by atoms with Crippen LogP contribution in [0, 0.1) is 6.92 Å². The van der Waals surface area contributed by atoms with Crippen LogP contribution in [0.5, 0.6) is 0 Å². The van der Waals surface area contributed by atoms with E-state index < -0.39 is 0 Å². The van der Waals surface area contributed by atoms with E-state index >= 15 is 0 Å². The van der Waals surface area contributed by atoms with Crippen molar-refractivity contribution in [3.8, 4) is 0 Å². The summed E-state index contributed by atoms with van der Waals surface area (Å²) in [5.41, 5.74) is 2.59. The van der Waals surface area contributed by atoms with E-state index in [1.165, 1.54) is 11.1 Å². The lowest BCUT2D eigenvalue weighted by Gasteiger charge is -2.15. The van der Waals surface area contributed by atoms with Crippen LogP contribution in [0.2, 0.25) is 5.02 Å². The van der Waals surface area contributed by atoms with Crippen molar-refractivity contribution in [2.24, 2.45) is 0 Å². The molecule has 24 heavy (non-hydrogen) atoms. The first kappa shape index (κ1) is 18.9. The van der Waals surface area contributed by atoms with Gasteiger partial charge in [0.2, 0.25) is 5.91 Å². The molecule has 1 N–H and O–H groups in total. The molecule has 0 aliphatic rings. The number of hydrogen-bond donors (Lipinski definition) is 1. The molecule has 2 nitrogen and oxygen atoms in total. The van der Waals surface area contributed by atoms with Gasteiger partial charge in [-0.1, -0.05) is 48.4 Å². The summed E-state index contributed by atoms with van der Waals surface area (Å²) in [7, 11) is 0. The normalized spacial score (nSPS) is 12.0. The summed E-state index contributed by atoms with van der Waals surface area (Å²) in [5.74, 6) is 0.112. The van der Waals surface area contributed by atoms with Gasteiger partial charge in [-0.2, -0.15) is 0 Å². The number of amides is 1.